The van der Waals surface area contributed by atoms with E-state index in [4.69, 9.17) is 10.5 Å². The van der Waals surface area contributed by atoms with E-state index >= 15 is 0 Å². The molecule has 0 saturated carbocycles. The summed E-state index contributed by atoms with van der Waals surface area (Å²) >= 11 is 1.42. The minimum atomic E-state index is -0.483. The van der Waals surface area contributed by atoms with E-state index in [1.807, 2.05) is 39.8 Å². The zero-order valence-electron chi connectivity index (χ0n) is 15.8. The van der Waals surface area contributed by atoms with Gasteiger partial charge in [0.25, 0.3) is 5.91 Å². The summed E-state index contributed by atoms with van der Waals surface area (Å²) in [6, 6.07) is 5.40. The molecule has 0 atom stereocenters. The maximum atomic E-state index is 11.9. The Morgan fingerprint density at radius 3 is 2.46 bits per heavy atom. The molecule has 1 aromatic carbocycles. The smallest absolute Gasteiger partial charge is 0.251 e. The number of aryl methyl sites for hydroxylation is 1. The van der Waals surface area contributed by atoms with Gasteiger partial charge >= 0.3 is 0 Å². The largest absolute Gasteiger partial charge is 0.494 e. The Kier molecular flexibility index (Phi) is 6.42. The normalized spacial score (nSPS) is 10.7. The van der Waals surface area contributed by atoms with E-state index in [9.17, 15) is 9.59 Å². The first-order chi connectivity index (χ1) is 12.3. The van der Waals surface area contributed by atoms with Crippen LogP contribution < -0.4 is 10.5 Å². The van der Waals surface area contributed by atoms with Crippen LogP contribution in [0.5, 0.6) is 5.75 Å². The number of carbonyl (C=O) groups excluding carboxylic acids is 2. The summed E-state index contributed by atoms with van der Waals surface area (Å²) in [5.74, 6) is 0.762. The third-order valence-electron chi connectivity index (χ3n) is 4.34. The number of nitrogens with zero attached hydrogens (tertiary/aromatic N) is 1. The molecule has 26 heavy (non-hydrogen) atoms. The fourth-order valence-electron chi connectivity index (χ4n) is 2.66. The van der Waals surface area contributed by atoms with Crippen molar-refractivity contribution < 1.29 is 14.3 Å². The molecule has 0 saturated heterocycles. The van der Waals surface area contributed by atoms with Crippen molar-refractivity contribution in [3.8, 4) is 5.75 Å². The number of carbonyl (C=O) groups is 2. The highest BCUT2D eigenvalue weighted by molar-refractivity contribution is 7.98. The van der Waals surface area contributed by atoms with Crippen molar-refractivity contribution in [3.63, 3.8) is 0 Å². The predicted molar refractivity (Wildman–Crippen MR) is 104 cm³/mol. The molecule has 0 aliphatic rings. The van der Waals surface area contributed by atoms with Crippen molar-refractivity contribution in [1.82, 2.24) is 4.98 Å². The molecule has 0 aliphatic carbocycles. The van der Waals surface area contributed by atoms with Crippen LogP contribution in [0.2, 0.25) is 0 Å². The lowest BCUT2D eigenvalue weighted by Gasteiger charge is -2.15. The third-order valence-corrected chi connectivity index (χ3v) is 5.37. The quantitative estimate of drug-likeness (QED) is 0.587. The number of nitrogens with two attached hydrogens (primary N) is 1. The molecule has 6 heteroatoms. The first-order valence-electron chi connectivity index (χ1n) is 8.43. The van der Waals surface area contributed by atoms with E-state index < -0.39 is 5.91 Å². The van der Waals surface area contributed by atoms with Gasteiger partial charge in [0, 0.05) is 22.6 Å². The van der Waals surface area contributed by atoms with E-state index in [1.54, 1.807) is 6.07 Å². The minimum absolute atomic E-state index is 0.00252. The van der Waals surface area contributed by atoms with E-state index in [-0.39, 0.29) is 5.78 Å². The Bertz CT molecular complexity index is 863. The number of Topliss-reactive ketones (excluding diaryl/α,β-unsaturated/α-hetero) is 1. The minimum Gasteiger partial charge on any atom is -0.494 e. The zero-order valence-corrected chi connectivity index (χ0v) is 16.6. The van der Waals surface area contributed by atoms with Crippen molar-refractivity contribution in [2.45, 2.75) is 45.4 Å². The summed E-state index contributed by atoms with van der Waals surface area (Å²) in [4.78, 5) is 28.2. The standard InChI is InChI=1S/C20H24N2O3S/c1-6-25-17-8-7-15(14(5)23)9-16(17)10-26-20-18(19(21)24)12(3)11(2)13(4)22-20/h7-9H,6,10H2,1-5H3,(H2,21,24). The molecule has 2 rings (SSSR count). The maximum Gasteiger partial charge on any atom is 0.251 e. The molecule has 1 aromatic heterocycles. The van der Waals surface area contributed by atoms with E-state index in [0.717, 1.165) is 28.1 Å². The van der Waals surface area contributed by atoms with Crippen molar-refractivity contribution in [3.05, 3.63) is 51.7 Å². The molecular formula is C20H24N2O3S. The van der Waals surface area contributed by atoms with Gasteiger partial charge in [0.2, 0.25) is 0 Å². The molecule has 2 aromatic rings. The fourth-order valence-corrected chi connectivity index (χ4v) is 3.78. The predicted octanol–water partition coefficient (Wildman–Crippen LogP) is 4.00. The number of benzene rings is 1. The van der Waals surface area contributed by atoms with Gasteiger partial charge in [-0.05, 0) is 63.9 Å². The van der Waals surface area contributed by atoms with Crippen molar-refractivity contribution in [2.24, 2.45) is 5.73 Å². The Morgan fingerprint density at radius 1 is 1.19 bits per heavy atom. The summed E-state index contributed by atoms with van der Waals surface area (Å²) in [7, 11) is 0. The highest BCUT2D eigenvalue weighted by Gasteiger charge is 2.18. The molecule has 5 nitrogen and oxygen atoms in total. The Hall–Kier alpha value is -2.34. The Labute approximate surface area is 158 Å². The Balaban J connectivity index is 2.41. The lowest BCUT2D eigenvalue weighted by molar-refractivity contribution is 0.0992. The number of hydrogen-bond donors (Lipinski definition) is 1. The van der Waals surface area contributed by atoms with Crippen molar-refractivity contribution in [1.29, 1.82) is 0 Å². The molecule has 0 unspecified atom stereocenters. The second kappa shape index (κ2) is 8.36. The Morgan fingerprint density at radius 2 is 1.88 bits per heavy atom. The zero-order chi connectivity index (χ0) is 19.4. The highest BCUT2D eigenvalue weighted by Crippen LogP contribution is 2.32. The third kappa shape index (κ3) is 4.25. The average Bonchev–Trinajstić information content (AvgIpc) is 2.58. The number of aromatic nitrogens is 1. The van der Waals surface area contributed by atoms with Crippen LogP contribution in [-0.2, 0) is 5.75 Å². The molecule has 1 heterocycles. The van der Waals surface area contributed by atoms with E-state index in [2.05, 4.69) is 4.98 Å². The van der Waals surface area contributed by atoms with Gasteiger partial charge in [0.1, 0.15) is 10.8 Å². The lowest BCUT2D eigenvalue weighted by Crippen LogP contribution is -2.16. The van der Waals surface area contributed by atoms with Crippen molar-refractivity contribution in [2.75, 3.05) is 6.61 Å². The van der Waals surface area contributed by atoms with Crippen LogP contribution in [0.3, 0.4) is 0 Å². The van der Waals surface area contributed by atoms with Gasteiger partial charge in [-0.25, -0.2) is 4.98 Å². The van der Waals surface area contributed by atoms with Crippen LogP contribution >= 0.6 is 11.8 Å². The van der Waals surface area contributed by atoms with Crippen molar-refractivity contribution >= 4 is 23.5 Å². The first kappa shape index (κ1) is 20.0. The molecule has 0 fully saturated rings. The summed E-state index contributed by atoms with van der Waals surface area (Å²) in [5.41, 5.74) is 10.3. The van der Waals surface area contributed by atoms with E-state index in [1.165, 1.54) is 18.7 Å². The first-order valence-corrected chi connectivity index (χ1v) is 9.41. The summed E-state index contributed by atoms with van der Waals surface area (Å²) < 4.78 is 5.67. The number of amides is 1. The number of hydrogen-bond acceptors (Lipinski definition) is 5. The molecule has 138 valence electrons. The van der Waals surface area contributed by atoms with Gasteiger partial charge in [-0.15, -0.1) is 11.8 Å². The summed E-state index contributed by atoms with van der Waals surface area (Å²) in [5, 5.41) is 0.605. The van der Waals surface area contributed by atoms with Crippen LogP contribution in [-0.4, -0.2) is 23.3 Å². The second-order valence-corrected chi connectivity index (χ2v) is 7.06. The number of ketones is 1. The molecule has 2 N–H and O–H groups in total. The van der Waals surface area contributed by atoms with Gasteiger partial charge in [0.05, 0.1) is 12.2 Å². The molecular weight excluding hydrogens is 348 g/mol. The van der Waals surface area contributed by atoms with Gasteiger partial charge in [0.15, 0.2) is 5.78 Å². The lowest BCUT2D eigenvalue weighted by atomic mass is 10.0. The second-order valence-electron chi connectivity index (χ2n) is 6.09. The SMILES string of the molecule is CCOc1ccc(C(C)=O)cc1CSc1nc(C)c(C)c(C)c1C(N)=O. The number of primary amides is 1. The highest BCUT2D eigenvalue weighted by atomic mass is 32.2. The molecule has 0 spiro atoms. The number of pyridine rings is 1. The van der Waals surface area contributed by atoms with Crippen LogP contribution in [0, 0.1) is 20.8 Å². The number of rotatable bonds is 7. The van der Waals surface area contributed by atoms with Crippen LogP contribution in [0.1, 0.15) is 56.9 Å². The van der Waals surface area contributed by atoms with Gasteiger partial charge in [-0.1, -0.05) is 0 Å². The van der Waals surface area contributed by atoms with Gasteiger partial charge in [-0.2, -0.15) is 0 Å². The number of ether oxygens (including phenoxy) is 1. The van der Waals surface area contributed by atoms with Gasteiger partial charge < -0.3 is 10.5 Å². The average molecular weight is 372 g/mol. The maximum absolute atomic E-state index is 11.9. The van der Waals surface area contributed by atoms with Crippen LogP contribution in [0.15, 0.2) is 23.2 Å². The molecule has 0 bridgehead atoms. The summed E-state index contributed by atoms with van der Waals surface area (Å²) in [6.07, 6.45) is 0. The summed E-state index contributed by atoms with van der Waals surface area (Å²) in [6.45, 7) is 9.71. The topological polar surface area (TPSA) is 82.3 Å². The number of thioether (sulfide) groups is 1. The van der Waals surface area contributed by atoms with E-state index in [0.29, 0.717) is 28.5 Å². The fraction of sp³-hybridized carbons (Fsp3) is 0.350. The molecule has 0 aliphatic heterocycles. The van der Waals surface area contributed by atoms with Gasteiger partial charge in [-0.3, -0.25) is 9.59 Å². The van der Waals surface area contributed by atoms with Crippen LogP contribution in [0.4, 0.5) is 0 Å². The molecule has 0 radical (unpaired) electrons. The monoisotopic (exact) mass is 372 g/mol. The van der Waals surface area contributed by atoms with Crippen LogP contribution in [0.25, 0.3) is 0 Å². The molecule has 1 amide bonds.